The Morgan fingerprint density at radius 3 is 2.42 bits per heavy atom. The van der Waals surface area contributed by atoms with Crippen LogP contribution in [0.5, 0.6) is 0 Å². The van der Waals surface area contributed by atoms with E-state index in [4.69, 9.17) is 5.73 Å². The summed E-state index contributed by atoms with van der Waals surface area (Å²) in [6.45, 7) is 5.91. The number of hydrogen-bond acceptors (Lipinski definition) is 3. The van der Waals surface area contributed by atoms with Crippen LogP contribution in [0.15, 0.2) is 23.1 Å². The van der Waals surface area contributed by atoms with Gasteiger partial charge in [0.2, 0.25) is 10.0 Å². The summed E-state index contributed by atoms with van der Waals surface area (Å²) in [6.07, 6.45) is 0.652. The van der Waals surface area contributed by atoms with Crippen molar-refractivity contribution in [3.63, 3.8) is 0 Å². The van der Waals surface area contributed by atoms with Crippen molar-refractivity contribution >= 4 is 10.0 Å². The Hall–Kier alpha value is -0.980. The summed E-state index contributed by atoms with van der Waals surface area (Å²) >= 11 is 0. The molecule has 19 heavy (non-hydrogen) atoms. The summed E-state index contributed by atoms with van der Waals surface area (Å²) in [5.74, 6) is -0.625. The number of sulfonamides is 1. The molecule has 0 aromatic heterocycles. The second-order valence-electron chi connectivity index (χ2n) is 4.85. The molecule has 1 rings (SSSR count). The first-order valence-electron chi connectivity index (χ1n) is 6.32. The van der Waals surface area contributed by atoms with Gasteiger partial charge in [-0.25, -0.2) is 17.5 Å². The van der Waals surface area contributed by atoms with Gasteiger partial charge < -0.3 is 5.73 Å². The molecule has 0 aliphatic rings. The van der Waals surface area contributed by atoms with E-state index in [1.165, 1.54) is 12.1 Å². The highest BCUT2D eigenvalue weighted by atomic mass is 32.2. The molecule has 0 aliphatic heterocycles. The molecule has 3 N–H and O–H groups in total. The average Bonchev–Trinajstić information content (AvgIpc) is 2.35. The van der Waals surface area contributed by atoms with Gasteiger partial charge in [0.1, 0.15) is 10.7 Å². The fourth-order valence-electron chi connectivity index (χ4n) is 1.84. The van der Waals surface area contributed by atoms with Gasteiger partial charge in [0, 0.05) is 12.6 Å². The van der Waals surface area contributed by atoms with E-state index >= 15 is 0 Å². The van der Waals surface area contributed by atoms with Gasteiger partial charge in [0.15, 0.2) is 0 Å². The first-order valence-corrected chi connectivity index (χ1v) is 7.81. The number of nitrogens with one attached hydrogen (secondary N) is 1. The standard InChI is InChI=1S/C13H21FN2O2S/c1-4-12(9(2)3)16-19(17,18)13-6-5-10(8-15)7-11(13)14/h5-7,9,12,16H,4,8,15H2,1-3H3. The highest BCUT2D eigenvalue weighted by Crippen LogP contribution is 2.18. The van der Waals surface area contributed by atoms with Crippen molar-refractivity contribution in [3.05, 3.63) is 29.6 Å². The Bertz CT molecular complexity index is 529. The molecule has 0 saturated heterocycles. The summed E-state index contributed by atoms with van der Waals surface area (Å²) in [6, 6.07) is 3.73. The predicted octanol–water partition coefficient (Wildman–Crippen LogP) is 2.00. The summed E-state index contributed by atoms with van der Waals surface area (Å²) in [7, 11) is -3.84. The van der Waals surface area contributed by atoms with Crippen molar-refractivity contribution in [3.8, 4) is 0 Å². The lowest BCUT2D eigenvalue weighted by Gasteiger charge is -2.20. The Morgan fingerprint density at radius 1 is 1.37 bits per heavy atom. The summed E-state index contributed by atoms with van der Waals surface area (Å²) in [5, 5.41) is 0. The molecule has 0 aliphatic carbocycles. The Balaban J connectivity index is 3.07. The monoisotopic (exact) mass is 288 g/mol. The van der Waals surface area contributed by atoms with Gasteiger partial charge >= 0.3 is 0 Å². The highest BCUT2D eigenvalue weighted by Gasteiger charge is 2.24. The van der Waals surface area contributed by atoms with Gasteiger partial charge in [-0.15, -0.1) is 0 Å². The average molecular weight is 288 g/mol. The molecular formula is C13H21FN2O2S. The van der Waals surface area contributed by atoms with Gasteiger partial charge in [-0.1, -0.05) is 26.8 Å². The van der Waals surface area contributed by atoms with Gasteiger partial charge in [-0.2, -0.15) is 0 Å². The molecule has 1 aromatic carbocycles. The molecule has 1 aromatic rings. The Kier molecular flexibility index (Phi) is 5.46. The zero-order valence-electron chi connectivity index (χ0n) is 11.5. The van der Waals surface area contributed by atoms with Gasteiger partial charge in [0.25, 0.3) is 0 Å². The van der Waals surface area contributed by atoms with Crippen LogP contribution in [-0.4, -0.2) is 14.5 Å². The summed E-state index contributed by atoms with van der Waals surface area (Å²) in [5.41, 5.74) is 5.95. The number of halogens is 1. The SMILES string of the molecule is CCC(NS(=O)(=O)c1ccc(CN)cc1F)C(C)C. The van der Waals surface area contributed by atoms with E-state index in [2.05, 4.69) is 4.72 Å². The maximum atomic E-state index is 13.8. The van der Waals surface area contributed by atoms with Crippen LogP contribution in [0.1, 0.15) is 32.8 Å². The zero-order valence-corrected chi connectivity index (χ0v) is 12.3. The molecule has 0 saturated carbocycles. The van der Waals surface area contributed by atoms with Crippen molar-refractivity contribution in [1.82, 2.24) is 4.72 Å². The molecule has 1 unspecified atom stereocenters. The molecule has 6 heteroatoms. The largest absolute Gasteiger partial charge is 0.326 e. The number of benzene rings is 1. The lowest BCUT2D eigenvalue weighted by Crippen LogP contribution is -2.38. The maximum absolute atomic E-state index is 13.8. The van der Waals surface area contributed by atoms with E-state index in [1.807, 2.05) is 20.8 Å². The van der Waals surface area contributed by atoms with Crippen LogP contribution in [0.25, 0.3) is 0 Å². The summed E-state index contributed by atoms with van der Waals surface area (Å²) < 4.78 is 40.6. The van der Waals surface area contributed by atoms with Crippen LogP contribution in [0, 0.1) is 11.7 Å². The minimum atomic E-state index is -3.84. The third-order valence-corrected chi connectivity index (χ3v) is 4.60. The Morgan fingerprint density at radius 2 is 2.00 bits per heavy atom. The van der Waals surface area contributed by atoms with E-state index in [-0.39, 0.29) is 23.4 Å². The van der Waals surface area contributed by atoms with Crippen molar-refractivity contribution < 1.29 is 12.8 Å². The van der Waals surface area contributed by atoms with E-state index in [0.29, 0.717) is 12.0 Å². The topological polar surface area (TPSA) is 72.2 Å². The first kappa shape index (κ1) is 16.1. The number of hydrogen-bond donors (Lipinski definition) is 2. The minimum absolute atomic E-state index is 0.145. The van der Waals surface area contributed by atoms with Crippen LogP contribution in [0.3, 0.4) is 0 Å². The van der Waals surface area contributed by atoms with E-state index < -0.39 is 15.8 Å². The fraction of sp³-hybridized carbons (Fsp3) is 0.538. The molecule has 108 valence electrons. The van der Waals surface area contributed by atoms with E-state index in [0.717, 1.165) is 6.07 Å². The molecule has 0 amide bonds. The maximum Gasteiger partial charge on any atom is 0.243 e. The summed E-state index contributed by atoms with van der Waals surface area (Å²) in [4.78, 5) is -0.330. The normalized spacial score (nSPS) is 13.8. The van der Waals surface area contributed by atoms with Crippen LogP contribution >= 0.6 is 0 Å². The lowest BCUT2D eigenvalue weighted by atomic mass is 10.0. The molecule has 0 radical (unpaired) electrons. The van der Waals surface area contributed by atoms with Crippen molar-refractivity contribution in [1.29, 1.82) is 0 Å². The van der Waals surface area contributed by atoms with Crippen LogP contribution < -0.4 is 10.5 Å². The molecule has 1 atom stereocenters. The number of nitrogens with two attached hydrogens (primary N) is 1. The van der Waals surface area contributed by atoms with Crippen molar-refractivity contribution in [2.24, 2.45) is 11.7 Å². The van der Waals surface area contributed by atoms with Gasteiger partial charge in [-0.05, 0) is 30.0 Å². The van der Waals surface area contributed by atoms with Gasteiger partial charge in [0.05, 0.1) is 0 Å². The third kappa shape index (κ3) is 3.99. The molecule has 4 nitrogen and oxygen atoms in total. The molecule has 0 spiro atoms. The zero-order chi connectivity index (χ0) is 14.6. The smallest absolute Gasteiger partial charge is 0.243 e. The van der Waals surface area contributed by atoms with Gasteiger partial charge in [-0.3, -0.25) is 0 Å². The minimum Gasteiger partial charge on any atom is -0.326 e. The molecule has 0 heterocycles. The van der Waals surface area contributed by atoms with Crippen molar-refractivity contribution in [2.45, 2.75) is 44.7 Å². The van der Waals surface area contributed by atoms with Crippen LogP contribution in [0.2, 0.25) is 0 Å². The van der Waals surface area contributed by atoms with E-state index in [1.54, 1.807) is 0 Å². The lowest BCUT2D eigenvalue weighted by molar-refractivity contribution is 0.435. The fourth-order valence-corrected chi connectivity index (χ4v) is 3.37. The molecular weight excluding hydrogens is 267 g/mol. The second kappa shape index (κ2) is 6.45. The highest BCUT2D eigenvalue weighted by molar-refractivity contribution is 7.89. The Labute approximate surface area is 114 Å². The third-order valence-electron chi connectivity index (χ3n) is 3.07. The molecule has 0 fully saturated rings. The predicted molar refractivity (Wildman–Crippen MR) is 73.5 cm³/mol. The van der Waals surface area contributed by atoms with E-state index in [9.17, 15) is 12.8 Å². The second-order valence-corrected chi connectivity index (χ2v) is 6.53. The van der Waals surface area contributed by atoms with Crippen molar-refractivity contribution in [2.75, 3.05) is 0 Å². The quantitative estimate of drug-likeness (QED) is 0.841. The number of rotatable bonds is 6. The first-order chi connectivity index (χ1) is 8.81. The van der Waals surface area contributed by atoms with Crippen LogP contribution in [0.4, 0.5) is 4.39 Å². The molecule has 0 bridgehead atoms. The van der Waals surface area contributed by atoms with Crippen LogP contribution in [-0.2, 0) is 16.6 Å².